The average Bonchev–Trinajstić information content (AvgIpc) is 2.90. The second-order valence-corrected chi connectivity index (χ2v) is 8.27. The van der Waals surface area contributed by atoms with Crippen molar-refractivity contribution in [2.45, 2.75) is 18.9 Å². The number of anilines is 2. The second kappa shape index (κ2) is 8.60. The van der Waals surface area contributed by atoms with Crippen molar-refractivity contribution in [3.8, 4) is 0 Å². The molecule has 0 saturated carbocycles. The summed E-state index contributed by atoms with van der Waals surface area (Å²) in [6, 6.07) is 0. The van der Waals surface area contributed by atoms with Gasteiger partial charge in [0.25, 0.3) is 0 Å². The smallest absolute Gasteiger partial charge is 0.375 e. The summed E-state index contributed by atoms with van der Waals surface area (Å²) in [5, 5.41) is 7.80. The highest BCUT2D eigenvalue weighted by Gasteiger charge is 2.38. The lowest BCUT2D eigenvalue weighted by Crippen LogP contribution is -2.22. The van der Waals surface area contributed by atoms with E-state index in [4.69, 9.17) is 10.5 Å². The van der Waals surface area contributed by atoms with Gasteiger partial charge in [-0.1, -0.05) is 13.1 Å². The van der Waals surface area contributed by atoms with Gasteiger partial charge in [-0.15, -0.1) is 5.10 Å². The SMILES string of the molecule is CN(C)c1nc(N)nc2c1nnn2CCOCP(CC(F)(F)F)CC(F)(F)F. The Labute approximate surface area is 156 Å². The molecule has 2 aromatic heterocycles. The molecule has 158 valence electrons. The molecule has 0 amide bonds. The van der Waals surface area contributed by atoms with E-state index in [0.29, 0.717) is 11.3 Å². The summed E-state index contributed by atoms with van der Waals surface area (Å²) < 4.78 is 81.2. The Bertz CT molecular complexity index is 778. The van der Waals surface area contributed by atoms with Crippen LogP contribution in [-0.2, 0) is 11.3 Å². The molecule has 0 aliphatic heterocycles. The van der Waals surface area contributed by atoms with Crippen molar-refractivity contribution in [2.24, 2.45) is 0 Å². The molecule has 0 atom stereocenters. The van der Waals surface area contributed by atoms with Crippen LogP contribution in [0.3, 0.4) is 0 Å². The summed E-state index contributed by atoms with van der Waals surface area (Å²) in [6.45, 7) is -0.130. The van der Waals surface area contributed by atoms with Crippen molar-refractivity contribution in [1.29, 1.82) is 0 Å². The standard InChI is InChI=1S/C13H18F6N7OP/c1-25(2)9-8-10(22-11(20)21-9)26(24-23-8)3-4-27-7-28(5-12(14,15)16)6-13(17,18)19/h3-7H2,1-2H3,(H2,20,21,22). The van der Waals surface area contributed by atoms with Crippen molar-refractivity contribution < 1.29 is 31.1 Å². The first kappa shape index (κ1) is 22.3. The van der Waals surface area contributed by atoms with Gasteiger partial charge >= 0.3 is 12.4 Å². The largest absolute Gasteiger partial charge is 0.392 e. The predicted molar refractivity (Wildman–Crippen MR) is 91.4 cm³/mol. The number of fused-ring (bicyclic) bond motifs is 1. The third-order valence-electron chi connectivity index (χ3n) is 3.31. The van der Waals surface area contributed by atoms with Gasteiger partial charge in [-0.25, -0.2) is 4.68 Å². The van der Waals surface area contributed by atoms with Gasteiger partial charge in [0.1, 0.15) is 0 Å². The van der Waals surface area contributed by atoms with Crippen LogP contribution >= 0.6 is 7.92 Å². The van der Waals surface area contributed by atoms with E-state index < -0.39 is 38.9 Å². The molecular formula is C13H18F6N7OP. The number of nitrogens with two attached hydrogens (primary N) is 1. The Morgan fingerprint density at radius 3 is 2.21 bits per heavy atom. The van der Waals surface area contributed by atoms with Crippen molar-refractivity contribution in [3.63, 3.8) is 0 Å². The van der Waals surface area contributed by atoms with Gasteiger partial charge in [0.2, 0.25) is 5.95 Å². The molecule has 0 aliphatic rings. The molecule has 28 heavy (non-hydrogen) atoms. The third-order valence-corrected chi connectivity index (χ3v) is 5.47. The molecule has 0 aromatic carbocycles. The fraction of sp³-hybridized carbons (Fsp3) is 0.692. The summed E-state index contributed by atoms with van der Waals surface area (Å²) in [6.07, 6.45) is -13.0. The first-order valence-corrected chi connectivity index (χ1v) is 9.73. The topological polar surface area (TPSA) is 95.0 Å². The van der Waals surface area contributed by atoms with E-state index >= 15 is 0 Å². The highest BCUT2D eigenvalue weighted by molar-refractivity contribution is 7.57. The van der Waals surface area contributed by atoms with E-state index in [1.54, 1.807) is 19.0 Å². The zero-order chi connectivity index (χ0) is 21.1. The minimum atomic E-state index is -4.68. The number of halogens is 6. The molecule has 2 heterocycles. The van der Waals surface area contributed by atoms with E-state index in [-0.39, 0.29) is 24.7 Å². The molecule has 8 nitrogen and oxygen atoms in total. The predicted octanol–water partition coefficient (Wildman–Crippen LogP) is 2.45. The molecule has 0 unspecified atom stereocenters. The lowest BCUT2D eigenvalue weighted by atomic mass is 10.4. The van der Waals surface area contributed by atoms with Crippen LogP contribution in [0.15, 0.2) is 0 Å². The Balaban J connectivity index is 2.00. The Kier molecular flexibility index (Phi) is 6.86. The Morgan fingerprint density at radius 2 is 1.68 bits per heavy atom. The minimum Gasteiger partial charge on any atom is -0.375 e. The van der Waals surface area contributed by atoms with Crippen molar-refractivity contribution in [1.82, 2.24) is 25.0 Å². The van der Waals surface area contributed by atoms with Crippen LogP contribution in [0.2, 0.25) is 0 Å². The van der Waals surface area contributed by atoms with Crippen LogP contribution in [0, 0.1) is 0 Å². The molecule has 0 saturated heterocycles. The maximum Gasteiger partial charge on any atom is 0.392 e. The van der Waals surface area contributed by atoms with Crippen LogP contribution in [0.4, 0.5) is 38.1 Å². The van der Waals surface area contributed by atoms with Crippen LogP contribution in [0.25, 0.3) is 11.2 Å². The normalized spacial score (nSPS) is 12.9. The van der Waals surface area contributed by atoms with Gasteiger partial charge in [-0.05, 0) is 0 Å². The molecule has 15 heteroatoms. The van der Waals surface area contributed by atoms with E-state index in [0.717, 1.165) is 0 Å². The lowest BCUT2D eigenvalue weighted by molar-refractivity contribution is -0.112. The molecule has 0 radical (unpaired) electrons. The number of nitrogens with zero attached hydrogens (tertiary/aromatic N) is 6. The highest BCUT2D eigenvalue weighted by Crippen LogP contribution is 2.45. The van der Waals surface area contributed by atoms with E-state index in [2.05, 4.69) is 20.3 Å². The number of rotatable bonds is 8. The zero-order valence-corrected chi connectivity index (χ0v) is 15.8. The summed E-state index contributed by atoms with van der Waals surface area (Å²) in [5.41, 5.74) is 6.29. The maximum atomic E-state index is 12.5. The van der Waals surface area contributed by atoms with Gasteiger partial charge in [-0.2, -0.15) is 36.3 Å². The molecule has 0 spiro atoms. The minimum absolute atomic E-state index is 0.0282. The van der Waals surface area contributed by atoms with E-state index in [1.165, 1.54) is 4.68 Å². The first-order chi connectivity index (χ1) is 12.9. The summed E-state index contributed by atoms with van der Waals surface area (Å²) >= 11 is 0. The molecule has 2 rings (SSSR count). The van der Waals surface area contributed by atoms with Gasteiger partial charge in [0.05, 0.1) is 31.8 Å². The number of alkyl halides is 6. The van der Waals surface area contributed by atoms with Gasteiger partial charge in [-0.3, -0.25) is 0 Å². The number of nitrogen functional groups attached to an aromatic ring is 1. The lowest BCUT2D eigenvalue weighted by Gasteiger charge is -2.20. The first-order valence-electron chi connectivity index (χ1n) is 7.83. The monoisotopic (exact) mass is 433 g/mol. The van der Waals surface area contributed by atoms with E-state index in [9.17, 15) is 26.3 Å². The fourth-order valence-electron chi connectivity index (χ4n) is 2.32. The summed E-state index contributed by atoms with van der Waals surface area (Å²) in [4.78, 5) is 9.71. The van der Waals surface area contributed by atoms with Crippen LogP contribution in [-0.4, -0.2) is 76.7 Å². The summed E-state index contributed by atoms with van der Waals surface area (Å²) in [7, 11) is 1.00. The summed E-state index contributed by atoms with van der Waals surface area (Å²) in [5.74, 6) is 0.396. The number of hydrogen-bond acceptors (Lipinski definition) is 7. The maximum absolute atomic E-state index is 12.5. The highest BCUT2D eigenvalue weighted by atomic mass is 31.1. The molecular weight excluding hydrogens is 415 g/mol. The number of ether oxygens (including phenoxy) is 1. The molecule has 0 bridgehead atoms. The zero-order valence-electron chi connectivity index (χ0n) is 14.9. The molecule has 2 N–H and O–H groups in total. The molecule has 0 aliphatic carbocycles. The number of aromatic nitrogens is 5. The van der Waals surface area contributed by atoms with Gasteiger partial charge in [0.15, 0.2) is 17.0 Å². The molecule has 2 aromatic rings. The van der Waals surface area contributed by atoms with Gasteiger partial charge in [0, 0.05) is 14.1 Å². The van der Waals surface area contributed by atoms with Gasteiger partial charge < -0.3 is 15.4 Å². The Hall–Kier alpha value is -1.95. The molecule has 0 fully saturated rings. The van der Waals surface area contributed by atoms with Crippen molar-refractivity contribution in [3.05, 3.63) is 0 Å². The fourth-order valence-corrected chi connectivity index (χ4v) is 4.02. The quantitative estimate of drug-likeness (QED) is 0.388. The average molecular weight is 433 g/mol. The Morgan fingerprint density at radius 1 is 1.07 bits per heavy atom. The second-order valence-electron chi connectivity index (χ2n) is 6.04. The number of hydrogen-bond donors (Lipinski definition) is 1. The third kappa shape index (κ3) is 6.59. The van der Waals surface area contributed by atoms with Crippen molar-refractivity contribution >= 4 is 30.9 Å². The van der Waals surface area contributed by atoms with E-state index in [1.807, 2.05) is 0 Å². The van der Waals surface area contributed by atoms with Crippen LogP contribution < -0.4 is 10.6 Å². The van der Waals surface area contributed by atoms with Crippen molar-refractivity contribution in [2.75, 3.05) is 50.0 Å². The van der Waals surface area contributed by atoms with Crippen LogP contribution in [0.5, 0.6) is 0 Å². The van der Waals surface area contributed by atoms with Crippen LogP contribution in [0.1, 0.15) is 0 Å².